The summed E-state index contributed by atoms with van der Waals surface area (Å²) in [5.41, 5.74) is 4.23. The number of aromatic nitrogens is 1. The molecule has 4 aromatic rings. The molecule has 0 spiro atoms. The molecule has 0 saturated carbocycles. The highest BCUT2D eigenvalue weighted by molar-refractivity contribution is 5.97. The summed E-state index contributed by atoms with van der Waals surface area (Å²) >= 11 is 0. The number of hydrogen-bond donors (Lipinski definition) is 1. The van der Waals surface area contributed by atoms with Gasteiger partial charge in [-0.2, -0.15) is 0 Å². The van der Waals surface area contributed by atoms with Crippen molar-refractivity contribution in [3.63, 3.8) is 0 Å². The van der Waals surface area contributed by atoms with Gasteiger partial charge in [0, 0.05) is 30.1 Å². The molecule has 5 nitrogen and oxygen atoms in total. The minimum atomic E-state index is -0.473. The molecular weight excluding hydrogens is 374 g/mol. The number of para-hydroxylation sites is 1. The maximum absolute atomic E-state index is 13.2. The van der Waals surface area contributed by atoms with Crippen LogP contribution in [0.1, 0.15) is 22.9 Å². The SMILES string of the molecule is CN1CC(=O)N2C(Cc3c([nH]c4ccccc34)C2c2ccc3ccccc3c2)C1=O. The van der Waals surface area contributed by atoms with Gasteiger partial charge in [0.05, 0.1) is 12.6 Å². The first-order valence-corrected chi connectivity index (χ1v) is 10.3. The second-order valence-electron chi connectivity index (χ2n) is 8.29. The fraction of sp³-hybridized carbons (Fsp3) is 0.200. The lowest BCUT2D eigenvalue weighted by atomic mass is 9.86. The Balaban J connectivity index is 1.62. The first kappa shape index (κ1) is 17.3. The van der Waals surface area contributed by atoms with Crippen LogP contribution in [0.4, 0.5) is 0 Å². The lowest BCUT2D eigenvalue weighted by Gasteiger charge is -2.46. The number of nitrogens with zero attached hydrogens (tertiary/aromatic N) is 2. The van der Waals surface area contributed by atoms with E-state index in [-0.39, 0.29) is 24.4 Å². The zero-order valence-corrected chi connectivity index (χ0v) is 16.6. The van der Waals surface area contributed by atoms with E-state index in [0.29, 0.717) is 6.42 Å². The molecule has 0 radical (unpaired) electrons. The molecule has 3 heterocycles. The molecule has 0 bridgehead atoms. The average molecular weight is 395 g/mol. The van der Waals surface area contributed by atoms with E-state index in [0.717, 1.165) is 38.5 Å². The lowest BCUT2D eigenvalue weighted by Crippen LogP contribution is -2.62. The monoisotopic (exact) mass is 395 g/mol. The fourth-order valence-electron chi connectivity index (χ4n) is 5.13. The van der Waals surface area contributed by atoms with Gasteiger partial charge in [-0.05, 0) is 34.0 Å². The lowest BCUT2D eigenvalue weighted by molar-refractivity contribution is -0.157. The number of fused-ring (bicyclic) bond motifs is 5. The summed E-state index contributed by atoms with van der Waals surface area (Å²) in [7, 11) is 1.72. The van der Waals surface area contributed by atoms with E-state index in [2.05, 4.69) is 47.4 Å². The van der Waals surface area contributed by atoms with Gasteiger partial charge < -0.3 is 14.8 Å². The second-order valence-corrected chi connectivity index (χ2v) is 8.29. The third-order valence-electron chi connectivity index (χ3n) is 6.54. The van der Waals surface area contributed by atoms with Gasteiger partial charge >= 0.3 is 0 Å². The predicted molar refractivity (Wildman–Crippen MR) is 116 cm³/mol. The number of likely N-dealkylation sites (N-methyl/N-ethyl adjacent to an activating group) is 1. The molecule has 1 saturated heterocycles. The van der Waals surface area contributed by atoms with Crippen LogP contribution in [0, 0.1) is 0 Å². The molecule has 2 unspecified atom stereocenters. The molecule has 1 fully saturated rings. The van der Waals surface area contributed by atoms with Crippen LogP contribution in [0.15, 0.2) is 66.7 Å². The molecule has 2 aliphatic heterocycles. The van der Waals surface area contributed by atoms with Crippen LogP contribution in [0.2, 0.25) is 0 Å². The van der Waals surface area contributed by atoms with Crippen LogP contribution >= 0.6 is 0 Å². The highest BCUT2D eigenvalue weighted by atomic mass is 16.2. The first-order valence-electron chi connectivity index (χ1n) is 10.3. The predicted octanol–water partition coefficient (Wildman–Crippen LogP) is 3.64. The van der Waals surface area contributed by atoms with E-state index in [1.165, 1.54) is 0 Å². The number of piperazine rings is 1. The van der Waals surface area contributed by atoms with Crippen LogP contribution < -0.4 is 0 Å². The molecule has 0 aliphatic carbocycles. The topological polar surface area (TPSA) is 56.4 Å². The Morgan fingerprint density at radius 2 is 1.70 bits per heavy atom. The number of aromatic amines is 1. The third kappa shape index (κ3) is 2.35. The maximum Gasteiger partial charge on any atom is 0.245 e. The molecular formula is C25H21N3O2. The molecule has 1 aromatic heterocycles. The van der Waals surface area contributed by atoms with Crippen molar-refractivity contribution < 1.29 is 9.59 Å². The van der Waals surface area contributed by atoms with Gasteiger partial charge in [0.2, 0.25) is 11.8 Å². The third-order valence-corrected chi connectivity index (χ3v) is 6.54. The van der Waals surface area contributed by atoms with Crippen molar-refractivity contribution in [2.24, 2.45) is 0 Å². The first-order chi connectivity index (χ1) is 14.6. The molecule has 2 amide bonds. The van der Waals surface area contributed by atoms with Crippen molar-refractivity contribution in [1.82, 2.24) is 14.8 Å². The van der Waals surface area contributed by atoms with E-state index in [1.807, 2.05) is 29.2 Å². The smallest absolute Gasteiger partial charge is 0.245 e. The van der Waals surface area contributed by atoms with Gasteiger partial charge in [-0.15, -0.1) is 0 Å². The fourth-order valence-corrected chi connectivity index (χ4v) is 5.13. The van der Waals surface area contributed by atoms with Crippen molar-refractivity contribution in [2.45, 2.75) is 18.5 Å². The van der Waals surface area contributed by atoms with Gasteiger partial charge in [-0.1, -0.05) is 54.6 Å². The van der Waals surface area contributed by atoms with E-state index >= 15 is 0 Å². The Morgan fingerprint density at radius 3 is 2.57 bits per heavy atom. The Kier molecular flexibility index (Phi) is 3.57. The van der Waals surface area contributed by atoms with E-state index < -0.39 is 6.04 Å². The van der Waals surface area contributed by atoms with Gasteiger partial charge in [0.1, 0.15) is 6.04 Å². The summed E-state index contributed by atoms with van der Waals surface area (Å²) in [6.07, 6.45) is 0.540. The van der Waals surface area contributed by atoms with Crippen LogP contribution in [-0.4, -0.2) is 46.2 Å². The Labute approximate surface area is 173 Å². The number of nitrogens with one attached hydrogen (secondary N) is 1. The average Bonchev–Trinajstić information content (AvgIpc) is 3.14. The zero-order chi connectivity index (χ0) is 20.4. The Hall–Kier alpha value is -3.60. The second kappa shape index (κ2) is 6.20. The van der Waals surface area contributed by atoms with Gasteiger partial charge in [0.15, 0.2) is 0 Å². The number of amides is 2. The largest absolute Gasteiger partial charge is 0.356 e. The molecule has 148 valence electrons. The highest BCUT2D eigenvalue weighted by Gasteiger charge is 2.47. The molecule has 6 rings (SSSR count). The van der Waals surface area contributed by atoms with E-state index in [4.69, 9.17) is 0 Å². The molecule has 1 N–H and O–H groups in total. The van der Waals surface area contributed by atoms with Crippen LogP contribution in [0.3, 0.4) is 0 Å². The van der Waals surface area contributed by atoms with Crippen LogP contribution in [-0.2, 0) is 16.0 Å². The molecule has 30 heavy (non-hydrogen) atoms. The summed E-state index contributed by atoms with van der Waals surface area (Å²) in [6.45, 7) is 0.120. The van der Waals surface area contributed by atoms with Crippen molar-refractivity contribution in [2.75, 3.05) is 13.6 Å². The summed E-state index contributed by atoms with van der Waals surface area (Å²) in [5, 5.41) is 3.42. The molecule has 2 atom stereocenters. The van der Waals surface area contributed by atoms with Crippen molar-refractivity contribution >= 4 is 33.5 Å². The number of carbonyl (C=O) groups excluding carboxylic acids is 2. The zero-order valence-electron chi connectivity index (χ0n) is 16.6. The van der Waals surface area contributed by atoms with Gasteiger partial charge in [-0.3, -0.25) is 9.59 Å². The molecule has 5 heteroatoms. The van der Waals surface area contributed by atoms with Crippen LogP contribution in [0.5, 0.6) is 0 Å². The van der Waals surface area contributed by atoms with E-state index in [1.54, 1.807) is 11.9 Å². The van der Waals surface area contributed by atoms with E-state index in [9.17, 15) is 9.59 Å². The Morgan fingerprint density at radius 1 is 0.933 bits per heavy atom. The quantitative estimate of drug-likeness (QED) is 0.535. The minimum absolute atomic E-state index is 0.00966. The highest BCUT2D eigenvalue weighted by Crippen LogP contribution is 2.42. The maximum atomic E-state index is 13.2. The summed E-state index contributed by atoms with van der Waals surface area (Å²) in [6, 6.07) is 21.9. The number of H-pyrrole nitrogens is 1. The van der Waals surface area contributed by atoms with Crippen molar-refractivity contribution in [1.29, 1.82) is 0 Å². The van der Waals surface area contributed by atoms with Crippen molar-refractivity contribution in [3.05, 3.63) is 83.6 Å². The standard InChI is InChI=1S/C25H21N3O2/c1-27-14-22(29)28-21(25(27)30)13-19-18-8-4-5-9-20(18)26-23(19)24(28)17-11-10-15-6-2-3-7-16(15)12-17/h2-12,21,24,26H,13-14H2,1H3. The number of hydrogen-bond acceptors (Lipinski definition) is 2. The van der Waals surface area contributed by atoms with Gasteiger partial charge in [0.25, 0.3) is 0 Å². The summed E-state index contributed by atoms with van der Waals surface area (Å²) in [5.74, 6) is 0.000819. The van der Waals surface area contributed by atoms with Crippen molar-refractivity contribution in [3.8, 4) is 0 Å². The number of carbonyl (C=O) groups is 2. The Bertz CT molecular complexity index is 1340. The van der Waals surface area contributed by atoms with Crippen LogP contribution in [0.25, 0.3) is 21.7 Å². The number of rotatable bonds is 1. The summed E-state index contributed by atoms with van der Waals surface area (Å²) in [4.78, 5) is 33.2. The summed E-state index contributed by atoms with van der Waals surface area (Å²) < 4.78 is 0. The number of benzene rings is 3. The normalized spacial score (nSPS) is 21.2. The molecule has 3 aromatic carbocycles. The molecule has 2 aliphatic rings. The van der Waals surface area contributed by atoms with Gasteiger partial charge in [-0.25, -0.2) is 0 Å². The minimum Gasteiger partial charge on any atom is -0.356 e.